The summed E-state index contributed by atoms with van der Waals surface area (Å²) in [5.41, 5.74) is 7.82. The first kappa shape index (κ1) is 15.5. The van der Waals surface area contributed by atoms with E-state index in [4.69, 9.17) is 15.6 Å². The van der Waals surface area contributed by atoms with E-state index < -0.39 is 0 Å². The van der Waals surface area contributed by atoms with E-state index in [9.17, 15) is 4.79 Å². The van der Waals surface area contributed by atoms with E-state index in [-0.39, 0.29) is 18.6 Å². The number of ether oxygens (including phenoxy) is 1. The summed E-state index contributed by atoms with van der Waals surface area (Å²) in [5, 5.41) is 9.14. The standard InChI is InChI=1S/C16H20N2O3/c1-12-9-14(5-4-13(12)3-2-6-17)16(20)18-7-8-21-15(10-18)11-19/h4-5,9,15,19H,6-8,10-11,17H2,1H3. The maximum absolute atomic E-state index is 12.5. The Kier molecular flexibility index (Phi) is 5.34. The molecule has 1 aromatic rings. The molecule has 0 spiro atoms. The average molecular weight is 288 g/mol. The smallest absolute Gasteiger partial charge is 0.254 e. The van der Waals surface area contributed by atoms with Crippen LogP contribution < -0.4 is 5.73 Å². The highest BCUT2D eigenvalue weighted by Crippen LogP contribution is 2.14. The fourth-order valence-corrected chi connectivity index (χ4v) is 2.28. The summed E-state index contributed by atoms with van der Waals surface area (Å²) in [5.74, 6) is 5.75. The van der Waals surface area contributed by atoms with E-state index in [0.717, 1.165) is 11.1 Å². The Morgan fingerprint density at radius 3 is 3.05 bits per heavy atom. The van der Waals surface area contributed by atoms with Gasteiger partial charge in [-0.15, -0.1) is 0 Å². The number of aliphatic hydroxyl groups is 1. The predicted molar refractivity (Wildman–Crippen MR) is 79.8 cm³/mol. The lowest BCUT2D eigenvalue weighted by Gasteiger charge is -2.32. The third kappa shape index (κ3) is 3.82. The fourth-order valence-electron chi connectivity index (χ4n) is 2.28. The van der Waals surface area contributed by atoms with Crippen LogP contribution in [-0.2, 0) is 4.74 Å². The van der Waals surface area contributed by atoms with Crippen LogP contribution in [0.4, 0.5) is 0 Å². The van der Waals surface area contributed by atoms with Crippen LogP contribution in [0.2, 0.25) is 0 Å². The Morgan fingerprint density at radius 1 is 1.57 bits per heavy atom. The Hall–Kier alpha value is -1.87. The van der Waals surface area contributed by atoms with E-state index in [1.165, 1.54) is 0 Å². The van der Waals surface area contributed by atoms with Gasteiger partial charge in [0, 0.05) is 24.2 Å². The molecule has 0 aromatic heterocycles. The zero-order chi connectivity index (χ0) is 15.2. The van der Waals surface area contributed by atoms with Crippen molar-refractivity contribution in [3.05, 3.63) is 34.9 Å². The quantitative estimate of drug-likeness (QED) is 0.759. The van der Waals surface area contributed by atoms with Gasteiger partial charge in [-0.25, -0.2) is 0 Å². The van der Waals surface area contributed by atoms with E-state index in [2.05, 4.69) is 11.8 Å². The van der Waals surface area contributed by atoms with Gasteiger partial charge in [-0.05, 0) is 30.7 Å². The average Bonchev–Trinajstić information content (AvgIpc) is 2.53. The van der Waals surface area contributed by atoms with Crippen molar-refractivity contribution in [1.82, 2.24) is 4.90 Å². The number of carbonyl (C=O) groups excluding carboxylic acids is 1. The van der Waals surface area contributed by atoms with Crippen molar-refractivity contribution in [2.24, 2.45) is 5.73 Å². The molecule has 1 heterocycles. The van der Waals surface area contributed by atoms with Crippen LogP contribution in [0.3, 0.4) is 0 Å². The molecule has 1 aromatic carbocycles. The second-order valence-corrected chi connectivity index (χ2v) is 4.96. The minimum atomic E-state index is -0.293. The van der Waals surface area contributed by atoms with Crippen LogP contribution in [0, 0.1) is 18.8 Å². The lowest BCUT2D eigenvalue weighted by Crippen LogP contribution is -2.46. The van der Waals surface area contributed by atoms with Crippen LogP contribution in [0.5, 0.6) is 0 Å². The molecule has 1 unspecified atom stereocenters. The number of carbonyl (C=O) groups is 1. The molecule has 1 amide bonds. The topological polar surface area (TPSA) is 75.8 Å². The zero-order valence-corrected chi connectivity index (χ0v) is 12.1. The number of aliphatic hydroxyl groups excluding tert-OH is 1. The van der Waals surface area contributed by atoms with Crippen molar-refractivity contribution in [2.75, 3.05) is 32.8 Å². The Morgan fingerprint density at radius 2 is 2.38 bits per heavy atom. The minimum Gasteiger partial charge on any atom is -0.394 e. The largest absolute Gasteiger partial charge is 0.394 e. The third-order valence-corrected chi connectivity index (χ3v) is 3.43. The monoisotopic (exact) mass is 288 g/mol. The number of morpholine rings is 1. The van der Waals surface area contributed by atoms with Gasteiger partial charge in [0.1, 0.15) is 0 Å². The number of aryl methyl sites for hydroxylation is 1. The second kappa shape index (κ2) is 7.23. The maximum atomic E-state index is 12.5. The Bertz CT molecular complexity index is 575. The summed E-state index contributed by atoms with van der Waals surface area (Å²) in [4.78, 5) is 14.2. The van der Waals surface area contributed by atoms with E-state index in [0.29, 0.717) is 31.8 Å². The predicted octanol–water partition coefficient (Wildman–Crippen LogP) is 0.139. The molecule has 112 valence electrons. The number of hydrogen-bond donors (Lipinski definition) is 2. The van der Waals surface area contributed by atoms with Crippen LogP contribution >= 0.6 is 0 Å². The molecule has 2 rings (SSSR count). The number of hydrogen-bond acceptors (Lipinski definition) is 4. The summed E-state index contributed by atoms with van der Waals surface area (Å²) < 4.78 is 5.36. The van der Waals surface area contributed by atoms with Crippen LogP contribution in [0.25, 0.3) is 0 Å². The van der Waals surface area contributed by atoms with Gasteiger partial charge in [0.25, 0.3) is 5.91 Å². The first-order chi connectivity index (χ1) is 10.2. The van der Waals surface area contributed by atoms with Gasteiger partial charge in [0.15, 0.2) is 0 Å². The van der Waals surface area contributed by atoms with E-state index in [1.54, 1.807) is 11.0 Å². The fraction of sp³-hybridized carbons (Fsp3) is 0.438. The van der Waals surface area contributed by atoms with Gasteiger partial charge >= 0.3 is 0 Å². The number of amides is 1. The molecular weight excluding hydrogens is 268 g/mol. The highest BCUT2D eigenvalue weighted by atomic mass is 16.5. The molecule has 1 aliphatic rings. The van der Waals surface area contributed by atoms with Crippen molar-refractivity contribution < 1.29 is 14.6 Å². The van der Waals surface area contributed by atoms with Crippen LogP contribution in [0.1, 0.15) is 21.5 Å². The lowest BCUT2D eigenvalue weighted by molar-refractivity contribution is -0.0447. The van der Waals surface area contributed by atoms with Crippen molar-refractivity contribution >= 4 is 5.91 Å². The molecule has 21 heavy (non-hydrogen) atoms. The summed E-state index contributed by atoms with van der Waals surface area (Å²) in [6.45, 7) is 3.59. The van der Waals surface area contributed by atoms with Gasteiger partial charge < -0.3 is 20.5 Å². The first-order valence-electron chi connectivity index (χ1n) is 6.97. The molecule has 0 bridgehead atoms. The molecule has 1 atom stereocenters. The Labute approximate surface area is 124 Å². The van der Waals surface area contributed by atoms with Crippen molar-refractivity contribution in [2.45, 2.75) is 13.0 Å². The first-order valence-corrected chi connectivity index (χ1v) is 6.97. The SMILES string of the molecule is Cc1cc(C(=O)N2CCOC(CO)C2)ccc1C#CCN. The van der Waals surface area contributed by atoms with Gasteiger partial charge in [-0.3, -0.25) is 4.79 Å². The van der Waals surface area contributed by atoms with E-state index >= 15 is 0 Å². The highest BCUT2D eigenvalue weighted by molar-refractivity contribution is 5.94. The van der Waals surface area contributed by atoms with Crippen LogP contribution in [0.15, 0.2) is 18.2 Å². The third-order valence-electron chi connectivity index (χ3n) is 3.43. The second-order valence-electron chi connectivity index (χ2n) is 4.96. The molecule has 0 radical (unpaired) electrons. The summed E-state index contributed by atoms with van der Waals surface area (Å²) in [6.07, 6.45) is -0.293. The minimum absolute atomic E-state index is 0.0433. The van der Waals surface area contributed by atoms with E-state index in [1.807, 2.05) is 19.1 Å². The highest BCUT2D eigenvalue weighted by Gasteiger charge is 2.24. The molecule has 1 aliphatic heterocycles. The molecule has 1 fully saturated rings. The molecule has 0 aliphatic carbocycles. The number of benzene rings is 1. The Balaban J connectivity index is 2.14. The lowest BCUT2D eigenvalue weighted by atomic mass is 10.0. The number of nitrogens with zero attached hydrogens (tertiary/aromatic N) is 1. The molecule has 5 nitrogen and oxygen atoms in total. The summed E-state index contributed by atoms with van der Waals surface area (Å²) >= 11 is 0. The zero-order valence-electron chi connectivity index (χ0n) is 12.1. The summed E-state index contributed by atoms with van der Waals surface area (Å²) in [6, 6.07) is 5.46. The molecule has 5 heteroatoms. The summed E-state index contributed by atoms with van der Waals surface area (Å²) in [7, 11) is 0. The molecule has 1 saturated heterocycles. The number of nitrogens with two attached hydrogens (primary N) is 1. The molecule has 0 saturated carbocycles. The normalized spacial score (nSPS) is 18.0. The van der Waals surface area contributed by atoms with Gasteiger partial charge in [-0.1, -0.05) is 11.8 Å². The molecular formula is C16H20N2O3. The maximum Gasteiger partial charge on any atom is 0.254 e. The van der Waals surface area contributed by atoms with Crippen molar-refractivity contribution in [3.63, 3.8) is 0 Å². The van der Waals surface area contributed by atoms with Gasteiger partial charge in [0.2, 0.25) is 0 Å². The van der Waals surface area contributed by atoms with Gasteiger partial charge in [-0.2, -0.15) is 0 Å². The van der Waals surface area contributed by atoms with Gasteiger partial charge in [0.05, 0.1) is 25.9 Å². The van der Waals surface area contributed by atoms with Crippen molar-refractivity contribution in [3.8, 4) is 11.8 Å². The van der Waals surface area contributed by atoms with Crippen molar-refractivity contribution in [1.29, 1.82) is 0 Å². The van der Waals surface area contributed by atoms with Crippen LogP contribution in [-0.4, -0.2) is 54.9 Å². The number of rotatable bonds is 2. The molecule has 3 N–H and O–H groups in total.